The van der Waals surface area contributed by atoms with E-state index >= 15 is 0 Å². The third-order valence-corrected chi connectivity index (χ3v) is 3.49. The monoisotopic (exact) mass is 347 g/mol. The summed E-state index contributed by atoms with van der Waals surface area (Å²) in [4.78, 5) is 28.3. The van der Waals surface area contributed by atoms with Crippen LogP contribution in [0.5, 0.6) is 5.75 Å². The van der Waals surface area contributed by atoms with Crippen molar-refractivity contribution in [1.82, 2.24) is 4.98 Å². The molecule has 0 aliphatic carbocycles. The van der Waals surface area contributed by atoms with Crippen molar-refractivity contribution in [1.29, 1.82) is 0 Å². The SMILES string of the molecule is O=C(COc1ccccc1)Nc1ccccc1NC(=O)c1cccnc1. The molecule has 1 aromatic heterocycles. The van der Waals surface area contributed by atoms with Gasteiger partial charge in [0.2, 0.25) is 0 Å². The first-order valence-corrected chi connectivity index (χ1v) is 8.00. The Morgan fingerprint density at radius 1 is 0.846 bits per heavy atom. The maximum absolute atomic E-state index is 12.3. The van der Waals surface area contributed by atoms with Gasteiger partial charge in [0.1, 0.15) is 5.75 Å². The lowest BCUT2D eigenvalue weighted by atomic mass is 10.2. The molecule has 0 radical (unpaired) electrons. The van der Waals surface area contributed by atoms with Gasteiger partial charge in [-0.1, -0.05) is 30.3 Å². The highest BCUT2D eigenvalue weighted by Crippen LogP contribution is 2.21. The van der Waals surface area contributed by atoms with E-state index in [2.05, 4.69) is 15.6 Å². The lowest BCUT2D eigenvalue weighted by Crippen LogP contribution is -2.21. The molecule has 2 aromatic carbocycles. The van der Waals surface area contributed by atoms with Crippen molar-refractivity contribution in [2.45, 2.75) is 0 Å². The Balaban J connectivity index is 1.63. The predicted octanol–water partition coefficient (Wildman–Crippen LogP) is 3.35. The minimum atomic E-state index is -0.322. The Hall–Kier alpha value is -3.67. The molecule has 0 fully saturated rings. The van der Waals surface area contributed by atoms with E-state index in [1.807, 2.05) is 18.2 Å². The van der Waals surface area contributed by atoms with Crippen LogP contribution in [-0.4, -0.2) is 23.4 Å². The van der Waals surface area contributed by atoms with Crippen LogP contribution in [0, 0.1) is 0 Å². The summed E-state index contributed by atoms with van der Waals surface area (Å²) in [5, 5.41) is 5.51. The van der Waals surface area contributed by atoms with Crippen LogP contribution in [0.25, 0.3) is 0 Å². The van der Waals surface area contributed by atoms with Gasteiger partial charge in [-0.15, -0.1) is 0 Å². The zero-order valence-electron chi connectivity index (χ0n) is 13.9. The van der Waals surface area contributed by atoms with Gasteiger partial charge in [-0.3, -0.25) is 14.6 Å². The Morgan fingerprint density at radius 2 is 1.54 bits per heavy atom. The Morgan fingerprint density at radius 3 is 2.23 bits per heavy atom. The lowest BCUT2D eigenvalue weighted by Gasteiger charge is -2.12. The fourth-order valence-electron chi connectivity index (χ4n) is 2.24. The molecule has 0 saturated heterocycles. The molecule has 3 aromatic rings. The molecule has 0 unspecified atom stereocenters. The number of hydrogen-bond donors (Lipinski definition) is 2. The molecule has 6 heteroatoms. The molecule has 130 valence electrons. The van der Waals surface area contributed by atoms with Crippen LogP contribution in [0.1, 0.15) is 10.4 Å². The minimum absolute atomic E-state index is 0.130. The topological polar surface area (TPSA) is 80.3 Å². The number of aromatic nitrogens is 1. The molecule has 2 N–H and O–H groups in total. The van der Waals surface area contributed by atoms with Crippen molar-refractivity contribution < 1.29 is 14.3 Å². The van der Waals surface area contributed by atoms with Gasteiger partial charge < -0.3 is 15.4 Å². The van der Waals surface area contributed by atoms with Crippen LogP contribution < -0.4 is 15.4 Å². The summed E-state index contributed by atoms with van der Waals surface area (Å²) in [6.07, 6.45) is 3.07. The second-order valence-corrected chi connectivity index (χ2v) is 5.39. The van der Waals surface area contributed by atoms with Gasteiger partial charge in [-0.25, -0.2) is 0 Å². The van der Waals surface area contributed by atoms with E-state index in [4.69, 9.17) is 4.74 Å². The fourth-order valence-corrected chi connectivity index (χ4v) is 2.24. The molecule has 0 bridgehead atoms. The second kappa shape index (κ2) is 8.43. The third kappa shape index (κ3) is 4.67. The first-order chi connectivity index (χ1) is 12.7. The molecular weight excluding hydrogens is 330 g/mol. The zero-order valence-corrected chi connectivity index (χ0v) is 13.9. The number of carbonyl (C=O) groups is 2. The van der Waals surface area contributed by atoms with E-state index in [-0.39, 0.29) is 18.4 Å². The number of rotatable bonds is 6. The van der Waals surface area contributed by atoms with E-state index in [1.54, 1.807) is 54.7 Å². The van der Waals surface area contributed by atoms with E-state index in [0.29, 0.717) is 22.7 Å². The number of para-hydroxylation sites is 3. The summed E-state index contributed by atoms with van der Waals surface area (Å²) in [5.74, 6) is -0.0157. The van der Waals surface area contributed by atoms with E-state index in [9.17, 15) is 9.59 Å². The molecule has 3 rings (SSSR count). The Kier molecular flexibility index (Phi) is 5.57. The Labute approximate surface area is 150 Å². The number of nitrogens with one attached hydrogen (secondary N) is 2. The normalized spacial score (nSPS) is 10.0. The zero-order chi connectivity index (χ0) is 18.2. The molecule has 0 aliphatic rings. The minimum Gasteiger partial charge on any atom is -0.484 e. The van der Waals surface area contributed by atoms with Crippen molar-refractivity contribution in [3.8, 4) is 5.75 Å². The van der Waals surface area contributed by atoms with E-state index in [0.717, 1.165) is 0 Å². The molecule has 0 spiro atoms. The molecule has 0 aliphatic heterocycles. The number of carbonyl (C=O) groups excluding carboxylic acids is 2. The van der Waals surface area contributed by atoms with Crippen molar-refractivity contribution in [3.63, 3.8) is 0 Å². The number of amides is 2. The van der Waals surface area contributed by atoms with Crippen LogP contribution >= 0.6 is 0 Å². The van der Waals surface area contributed by atoms with Crippen LogP contribution in [0.3, 0.4) is 0 Å². The predicted molar refractivity (Wildman–Crippen MR) is 99.2 cm³/mol. The number of pyridine rings is 1. The van der Waals surface area contributed by atoms with Crippen LogP contribution in [0.4, 0.5) is 11.4 Å². The maximum atomic E-state index is 12.3. The third-order valence-electron chi connectivity index (χ3n) is 3.49. The quantitative estimate of drug-likeness (QED) is 0.716. The highest BCUT2D eigenvalue weighted by atomic mass is 16.5. The highest BCUT2D eigenvalue weighted by Gasteiger charge is 2.11. The first-order valence-electron chi connectivity index (χ1n) is 8.00. The van der Waals surface area contributed by atoms with Gasteiger partial charge in [0.05, 0.1) is 16.9 Å². The van der Waals surface area contributed by atoms with Gasteiger partial charge in [-0.2, -0.15) is 0 Å². The van der Waals surface area contributed by atoms with E-state index in [1.165, 1.54) is 6.20 Å². The van der Waals surface area contributed by atoms with Gasteiger partial charge in [-0.05, 0) is 36.4 Å². The largest absolute Gasteiger partial charge is 0.484 e. The molecular formula is C20H17N3O3. The van der Waals surface area contributed by atoms with Gasteiger partial charge in [0.15, 0.2) is 6.61 Å². The van der Waals surface area contributed by atoms with Gasteiger partial charge in [0.25, 0.3) is 11.8 Å². The molecule has 2 amide bonds. The van der Waals surface area contributed by atoms with Crippen molar-refractivity contribution in [3.05, 3.63) is 84.7 Å². The second-order valence-electron chi connectivity index (χ2n) is 5.39. The van der Waals surface area contributed by atoms with Gasteiger partial charge in [0, 0.05) is 12.4 Å². The van der Waals surface area contributed by atoms with Crippen molar-refractivity contribution in [2.75, 3.05) is 17.2 Å². The standard InChI is InChI=1S/C20H17N3O3/c24-19(14-26-16-8-2-1-3-9-16)22-17-10-4-5-11-18(17)23-20(25)15-7-6-12-21-13-15/h1-13H,14H2,(H,22,24)(H,23,25). The number of hydrogen-bond acceptors (Lipinski definition) is 4. The van der Waals surface area contributed by atoms with Gasteiger partial charge >= 0.3 is 0 Å². The molecule has 6 nitrogen and oxygen atoms in total. The average molecular weight is 347 g/mol. The number of nitrogens with zero attached hydrogens (tertiary/aromatic N) is 1. The number of anilines is 2. The van der Waals surface area contributed by atoms with E-state index < -0.39 is 0 Å². The van der Waals surface area contributed by atoms with Crippen LogP contribution in [0.15, 0.2) is 79.1 Å². The molecule has 1 heterocycles. The Bertz CT molecular complexity index is 883. The van der Waals surface area contributed by atoms with Crippen LogP contribution in [-0.2, 0) is 4.79 Å². The highest BCUT2D eigenvalue weighted by molar-refractivity contribution is 6.07. The maximum Gasteiger partial charge on any atom is 0.262 e. The summed E-state index contributed by atoms with van der Waals surface area (Å²) in [7, 11) is 0. The molecule has 26 heavy (non-hydrogen) atoms. The summed E-state index contributed by atoms with van der Waals surface area (Å²) in [5.41, 5.74) is 1.42. The molecule has 0 atom stereocenters. The fraction of sp³-hybridized carbons (Fsp3) is 0.0500. The summed E-state index contributed by atoms with van der Waals surface area (Å²) >= 11 is 0. The van der Waals surface area contributed by atoms with Crippen LogP contribution in [0.2, 0.25) is 0 Å². The summed E-state index contributed by atoms with van der Waals surface area (Å²) < 4.78 is 5.42. The first kappa shape index (κ1) is 17.2. The van der Waals surface area contributed by atoms with Crippen molar-refractivity contribution >= 4 is 23.2 Å². The smallest absolute Gasteiger partial charge is 0.262 e. The number of benzene rings is 2. The summed E-state index contributed by atoms with van der Waals surface area (Å²) in [6.45, 7) is -0.130. The number of ether oxygens (including phenoxy) is 1. The summed E-state index contributed by atoms with van der Waals surface area (Å²) in [6, 6.07) is 19.4. The average Bonchev–Trinajstić information content (AvgIpc) is 2.69. The van der Waals surface area contributed by atoms with Crippen molar-refractivity contribution in [2.24, 2.45) is 0 Å². The molecule has 0 saturated carbocycles. The lowest BCUT2D eigenvalue weighted by molar-refractivity contribution is -0.118.